The van der Waals surface area contributed by atoms with Gasteiger partial charge in [0.25, 0.3) is 0 Å². The molecule has 1 heterocycles. The molecule has 0 aromatic heterocycles. The fraction of sp³-hybridized carbons (Fsp3) is 0.600. The molecule has 0 amide bonds. The van der Waals surface area contributed by atoms with Crippen molar-refractivity contribution in [3.05, 3.63) is 35.4 Å². The Morgan fingerprint density at radius 3 is 2.89 bits per heavy atom. The molecule has 2 aliphatic rings. The van der Waals surface area contributed by atoms with Gasteiger partial charge in [-0.15, -0.1) is 12.4 Å². The summed E-state index contributed by atoms with van der Waals surface area (Å²) in [6, 6.07) is 9.24. The van der Waals surface area contributed by atoms with Crippen LogP contribution in [0.5, 0.6) is 0 Å². The second-order valence-corrected chi connectivity index (χ2v) is 5.40. The highest BCUT2D eigenvalue weighted by Gasteiger charge is 2.23. The molecule has 1 aromatic rings. The SMILES string of the molecule is Cl.c1cc(CN2CCCNCC2)cc(C2CC2)c1. The van der Waals surface area contributed by atoms with Crippen LogP contribution in [0.4, 0.5) is 0 Å². The van der Waals surface area contributed by atoms with Crippen molar-refractivity contribution in [3.8, 4) is 0 Å². The van der Waals surface area contributed by atoms with E-state index in [9.17, 15) is 0 Å². The Kier molecular flexibility index (Phi) is 5.04. The molecule has 0 atom stereocenters. The van der Waals surface area contributed by atoms with Gasteiger partial charge in [0.15, 0.2) is 0 Å². The molecule has 1 N–H and O–H groups in total. The summed E-state index contributed by atoms with van der Waals surface area (Å²) >= 11 is 0. The molecular formula is C15H23ClN2. The van der Waals surface area contributed by atoms with Gasteiger partial charge in [0.1, 0.15) is 0 Å². The summed E-state index contributed by atoms with van der Waals surface area (Å²) in [5.74, 6) is 0.876. The smallest absolute Gasteiger partial charge is 0.0234 e. The molecule has 2 fully saturated rings. The van der Waals surface area contributed by atoms with Crippen LogP contribution in [0.3, 0.4) is 0 Å². The van der Waals surface area contributed by atoms with Crippen LogP contribution in [0.2, 0.25) is 0 Å². The Morgan fingerprint density at radius 2 is 2.06 bits per heavy atom. The molecular weight excluding hydrogens is 244 g/mol. The number of rotatable bonds is 3. The average molecular weight is 267 g/mol. The normalized spacial score (nSPS) is 21.1. The first-order valence-electron chi connectivity index (χ1n) is 6.94. The van der Waals surface area contributed by atoms with Crippen molar-refractivity contribution < 1.29 is 0 Å². The van der Waals surface area contributed by atoms with Crippen LogP contribution < -0.4 is 5.32 Å². The first kappa shape index (κ1) is 13.9. The second-order valence-electron chi connectivity index (χ2n) is 5.40. The highest BCUT2D eigenvalue weighted by Crippen LogP contribution is 2.40. The van der Waals surface area contributed by atoms with Gasteiger partial charge in [0, 0.05) is 19.6 Å². The van der Waals surface area contributed by atoms with E-state index in [0.717, 1.165) is 19.0 Å². The van der Waals surface area contributed by atoms with Gasteiger partial charge < -0.3 is 5.32 Å². The van der Waals surface area contributed by atoms with E-state index in [4.69, 9.17) is 0 Å². The predicted molar refractivity (Wildman–Crippen MR) is 78.4 cm³/mol. The molecule has 18 heavy (non-hydrogen) atoms. The lowest BCUT2D eigenvalue weighted by Gasteiger charge is -2.19. The highest BCUT2D eigenvalue weighted by atomic mass is 35.5. The van der Waals surface area contributed by atoms with E-state index in [2.05, 4.69) is 34.5 Å². The van der Waals surface area contributed by atoms with Crippen molar-refractivity contribution in [3.63, 3.8) is 0 Å². The van der Waals surface area contributed by atoms with Crippen LogP contribution in [0.15, 0.2) is 24.3 Å². The highest BCUT2D eigenvalue weighted by molar-refractivity contribution is 5.85. The number of nitrogens with zero attached hydrogens (tertiary/aromatic N) is 1. The standard InChI is InChI=1S/C15H22N2.ClH/c1-3-13(11-15(4-1)14-5-6-14)12-17-9-2-7-16-8-10-17;/h1,3-4,11,14,16H,2,5-10,12H2;1H. The fourth-order valence-electron chi connectivity index (χ4n) is 2.68. The van der Waals surface area contributed by atoms with Gasteiger partial charge in [0.2, 0.25) is 0 Å². The molecule has 3 heteroatoms. The zero-order valence-electron chi connectivity index (χ0n) is 10.9. The topological polar surface area (TPSA) is 15.3 Å². The van der Waals surface area contributed by atoms with Gasteiger partial charge in [-0.05, 0) is 49.4 Å². The lowest BCUT2D eigenvalue weighted by molar-refractivity contribution is 0.284. The summed E-state index contributed by atoms with van der Waals surface area (Å²) in [5, 5.41) is 3.46. The summed E-state index contributed by atoms with van der Waals surface area (Å²) in [6.07, 6.45) is 4.08. The molecule has 1 aromatic carbocycles. The maximum Gasteiger partial charge on any atom is 0.0234 e. The van der Waals surface area contributed by atoms with Crippen molar-refractivity contribution in [2.45, 2.75) is 31.7 Å². The molecule has 100 valence electrons. The maximum atomic E-state index is 3.46. The Labute approximate surface area is 116 Å². The zero-order valence-corrected chi connectivity index (χ0v) is 11.7. The lowest BCUT2D eigenvalue weighted by Crippen LogP contribution is -2.27. The van der Waals surface area contributed by atoms with Crippen molar-refractivity contribution in [1.29, 1.82) is 0 Å². The maximum absolute atomic E-state index is 3.46. The fourth-order valence-corrected chi connectivity index (χ4v) is 2.68. The van der Waals surface area contributed by atoms with E-state index >= 15 is 0 Å². The van der Waals surface area contributed by atoms with E-state index in [0.29, 0.717) is 0 Å². The molecule has 1 saturated carbocycles. The monoisotopic (exact) mass is 266 g/mol. The third-order valence-electron chi connectivity index (χ3n) is 3.84. The molecule has 3 rings (SSSR count). The van der Waals surface area contributed by atoms with Crippen molar-refractivity contribution >= 4 is 12.4 Å². The summed E-state index contributed by atoms with van der Waals surface area (Å²) in [4.78, 5) is 2.58. The van der Waals surface area contributed by atoms with E-state index in [-0.39, 0.29) is 12.4 Å². The number of halogens is 1. The van der Waals surface area contributed by atoms with Gasteiger partial charge >= 0.3 is 0 Å². The molecule has 0 spiro atoms. The van der Waals surface area contributed by atoms with Gasteiger partial charge in [-0.1, -0.05) is 24.3 Å². The van der Waals surface area contributed by atoms with Gasteiger partial charge in [-0.3, -0.25) is 4.90 Å². The summed E-state index contributed by atoms with van der Waals surface area (Å²) in [6.45, 7) is 5.87. The van der Waals surface area contributed by atoms with Gasteiger partial charge in [0.05, 0.1) is 0 Å². The molecule has 0 radical (unpaired) electrons. The minimum absolute atomic E-state index is 0. The molecule has 2 nitrogen and oxygen atoms in total. The van der Waals surface area contributed by atoms with Crippen LogP contribution in [-0.4, -0.2) is 31.1 Å². The predicted octanol–water partition coefficient (Wildman–Crippen LogP) is 2.78. The lowest BCUT2D eigenvalue weighted by atomic mass is 10.1. The number of hydrogen-bond donors (Lipinski definition) is 1. The number of nitrogens with one attached hydrogen (secondary N) is 1. The quantitative estimate of drug-likeness (QED) is 0.905. The first-order chi connectivity index (χ1) is 8.42. The van der Waals surface area contributed by atoms with E-state index < -0.39 is 0 Å². The Balaban J connectivity index is 0.00000120. The van der Waals surface area contributed by atoms with Crippen molar-refractivity contribution in [1.82, 2.24) is 10.2 Å². The minimum atomic E-state index is 0. The van der Waals surface area contributed by atoms with Crippen molar-refractivity contribution in [2.24, 2.45) is 0 Å². The van der Waals surface area contributed by atoms with Crippen molar-refractivity contribution in [2.75, 3.05) is 26.2 Å². The summed E-state index contributed by atoms with van der Waals surface area (Å²) < 4.78 is 0. The van der Waals surface area contributed by atoms with Crippen LogP contribution in [0, 0.1) is 0 Å². The molecule has 0 unspecified atom stereocenters. The van der Waals surface area contributed by atoms with E-state index in [1.54, 1.807) is 5.56 Å². The summed E-state index contributed by atoms with van der Waals surface area (Å²) in [5.41, 5.74) is 3.06. The van der Waals surface area contributed by atoms with E-state index in [1.807, 2.05) is 0 Å². The van der Waals surface area contributed by atoms with Gasteiger partial charge in [-0.25, -0.2) is 0 Å². The number of hydrogen-bond acceptors (Lipinski definition) is 2. The average Bonchev–Trinajstić information content (AvgIpc) is 3.17. The minimum Gasteiger partial charge on any atom is -0.315 e. The molecule has 1 aliphatic heterocycles. The van der Waals surface area contributed by atoms with E-state index in [1.165, 1.54) is 44.5 Å². The third kappa shape index (κ3) is 3.71. The zero-order chi connectivity index (χ0) is 11.5. The van der Waals surface area contributed by atoms with Crippen LogP contribution in [0.25, 0.3) is 0 Å². The largest absolute Gasteiger partial charge is 0.315 e. The third-order valence-corrected chi connectivity index (χ3v) is 3.84. The van der Waals surface area contributed by atoms with Crippen LogP contribution >= 0.6 is 12.4 Å². The van der Waals surface area contributed by atoms with Crippen LogP contribution in [0.1, 0.15) is 36.3 Å². The van der Waals surface area contributed by atoms with Crippen LogP contribution in [-0.2, 0) is 6.54 Å². The number of benzene rings is 1. The van der Waals surface area contributed by atoms with Gasteiger partial charge in [-0.2, -0.15) is 0 Å². The Morgan fingerprint density at radius 1 is 1.17 bits per heavy atom. The molecule has 1 saturated heterocycles. The Bertz CT molecular complexity index is 369. The molecule has 0 bridgehead atoms. The second kappa shape index (κ2) is 6.55. The molecule has 1 aliphatic carbocycles. The summed E-state index contributed by atoms with van der Waals surface area (Å²) in [7, 11) is 0. The Hall–Kier alpha value is -0.570. The first-order valence-corrected chi connectivity index (χ1v) is 6.94.